The molecule has 1 aliphatic rings. The molecule has 158 valence electrons. The predicted molar refractivity (Wildman–Crippen MR) is 114 cm³/mol. The van der Waals surface area contributed by atoms with Crippen molar-refractivity contribution >= 4 is 32.6 Å². The van der Waals surface area contributed by atoms with E-state index in [1.165, 1.54) is 18.4 Å². The third-order valence-electron chi connectivity index (χ3n) is 5.31. The Morgan fingerprint density at radius 2 is 1.97 bits per heavy atom. The molecule has 3 aromatic rings. The molecule has 4 rings (SSSR count). The van der Waals surface area contributed by atoms with E-state index >= 15 is 0 Å². The highest BCUT2D eigenvalue weighted by molar-refractivity contribution is 7.89. The van der Waals surface area contributed by atoms with Crippen LogP contribution in [-0.2, 0) is 27.8 Å². The second-order valence-corrected chi connectivity index (χ2v) is 9.48. The first kappa shape index (κ1) is 20.6. The van der Waals surface area contributed by atoms with Gasteiger partial charge in [0, 0.05) is 43.9 Å². The minimum absolute atomic E-state index is 0.223. The van der Waals surface area contributed by atoms with Gasteiger partial charge in [0.15, 0.2) is 5.76 Å². The average molecular weight is 429 g/mol. The van der Waals surface area contributed by atoms with Crippen LogP contribution in [0.2, 0.25) is 0 Å². The molecule has 2 heterocycles. The topological polar surface area (TPSA) is 80.1 Å². The molecule has 0 aliphatic carbocycles. The molecule has 0 unspecified atom stereocenters. The number of furan rings is 1. The summed E-state index contributed by atoms with van der Waals surface area (Å²) < 4.78 is 37.5. The Balaban J connectivity index is 1.72. The van der Waals surface area contributed by atoms with Crippen LogP contribution in [0.25, 0.3) is 11.0 Å². The van der Waals surface area contributed by atoms with Crippen molar-refractivity contribution in [3.63, 3.8) is 0 Å². The number of fused-ring (bicyclic) bond motifs is 2. The van der Waals surface area contributed by atoms with E-state index in [0.29, 0.717) is 30.8 Å². The number of anilines is 1. The van der Waals surface area contributed by atoms with Crippen molar-refractivity contribution in [2.45, 2.75) is 24.8 Å². The maximum absolute atomic E-state index is 13.4. The number of para-hydroxylation sites is 1. The molecule has 7 nitrogen and oxygen atoms in total. The zero-order valence-electron chi connectivity index (χ0n) is 17.2. The summed E-state index contributed by atoms with van der Waals surface area (Å²) in [5, 5.41) is 0.862. The lowest BCUT2D eigenvalue weighted by Crippen LogP contribution is -2.29. The molecular weight excluding hydrogens is 404 g/mol. The number of nitrogens with zero attached hydrogens (tertiary/aromatic N) is 2. The average Bonchev–Trinajstić information content (AvgIpc) is 3.32. The van der Waals surface area contributed by atoms with Crippen LogP contribution in [-0.4, -0.2) is 45.9 Å². The van der Waals surface area contributed by atoms with Gasteiger partial charge >= 0.3 is 0 Å². The van der Waals surface area contributed by atoms with Crippen LogP contribution >= 0.6 is 0 Å². The van der Waals surface area contributed by atoms with Gasteiger partial charge in [0.05, 0.1) is 11.5 Å². The van der Waals surface area contributed by atoms with E-state index in [0.717, 1.165) is 16.5 Å². The Morgan fingerprint density at radius 1 is 1.20 bits per heavy atom. The van der Waals surface area contributed by atoms with E-state index in [1.54, 1.807) is 23.1 Å². The van der Waals surface area contributed by atoms with Crippen molar-refractivity contribution in [3.8, 4) is 0 Å². The van der Waals surface area contributed by atoms with E-state index in [1.807, 2.05) is 31.2 Å². The summed E-state index contributed by atoms with van der Waals surface area (Å²) in [4.78, 5) is 15.3. The summed E-state index contributed by atoms with van der Waals surface area (Å²) in [6.45, 7) is 3.18. The summed E-state index contributed by atoms with van der Waals surface area (Å²) >= 11 is 0. The number of amides is 1. The van der Waals surface area contributed by atoms with E-state index < -0.39 is 10.0 Å². The maximum Gasteiger partial charge on any atom is 0.294 e. The zero-order chi connectivity index (χ0) is 21.5. The number of benzene rings is 2. The summed E-state index contributed by atoms with van der Waals surface area (Å²) in [6, 6.07) is 12.4. The highest BCUT2D eigenvalue weighted by Crippen LogP contribution is 2.34. The molecule has 0 fully saturated rings. The van der Waals surface area contributed by atoms with Crippen molar-refractivity contribution in [1.82, 2.24) is 4.31 Å². The van der Waals surface area contributed by atoms with Gasteiger partial charge in [0.25, 0.3) is 5.91 Å². The van der Waals surface area contributed by atoms with Crippen molar-refractivity contribution in [2.24, 2.45) is 0 Å². The van der Waals surface area contributed by atoms with Gasteiger partial charge in [0.2, 0.25) is 10.0 Å². The molecule has 1 amide bonds. The fraction of sp³-hybridized carbons (Fsp3) is 0.318. The number of hydrogen-bond donors (Lipinski definition) is 0. The first-order valence-electron chi connectivity index (χ1n) is 9.80. The second-order valence-electron chi connectivity index (χ2n) is 7.33. The lowest BCUT2D eigenvalue weighted by Gasteiger charge is -2.18. The van der Waals surface area contributed by atoms with Crippen molar-refractivity contribution in [3.05, 3.63) is 59.4 Å². The monoisotopic (exact) mass is 428 g/mol. The summed E-state index contributed by atoms with van der Waals surface area (Å²) in [7, 11) is -0.528. The van der Waals surface area contributed by atoms with Gasteiger partial charge in [-0.3, -0.25) is 4.79 Å². The number of sulfonamides is 1. The van der Waals surface area contributed by atoms with Gasteiger partial charge < -0.3 is 14.1 Å². The molecule has 2 aromatic carbocycles. The Labute approximate surface area is 175 Å². The molecular formula is C22H24N2O5S. The Morgan fingerprint density at radius 3 is 2.70 bits per heavy atom. The highest BCUT2D eigenvalue weighted by Gasteiger charge is 2.31. The van der Waals surface area contributed by atoms with Crippen LogP contribution in [0.5, 0.6) is 0 Å². The van der Waals surface area contributed by atoms with E-state index in [4.69, 9.17) is 9.15 Å². The van der Waals surface area contributed by atoms with Crippen LogP contribution in [0.4, 0.5) is 5.69 Å². The van der Waals surface area contributed by atoms with Crippen LogP contribution in [0.3, 0.4) is 0 Å². The fourth-order valence-corrected chi connectivity index (χ4v) is 4.65. The van der Waals surface area contributed by atoms with E-state index in [-0.39, 0.29) is 23.2 Å². The molecule has 0 bridgehead atoms. The molecule has 0 saturated heterocycles. The summed E-state index contributed by atoms with van der Waals surface area (Å²) in [6.07, 6.45) is 0.582. The van der Waals surface area contributed by atoms with Gasteiger partial charge in [-0.15, -0.1) is 0 Å². The van der Waals surface area contributed by atoms with Gasteiger partial charge in [-0.05, 0) is 43.2 Å². The van der Waals surface area contributed by atoms with Gasteiger partial charge in [-0.1, -0.05) is 18.2 Å². The quantitative estimate of drug-likeness (QED) is 0.601. The molecule has 1 aliphatic heterocycles. The minimum atomic E-state index is -3.53. The smallest absolute Gasteiger partial charge is 0.294 e. The predicted octanol–water partition coefficient (Wildman–Crippen LogP) is 3.42. The molecule has 30 heavy (non-hydrogen) atoms. The molecule has 0 spiro atoms. The number of hydrogen-bond acceptors (Lipinski definition) is 5. The Bertz CT molecular complexity index is 1210. The van der Waals surface area contributed by atoms with Gasteiger partial charge in [-0.25, -0.2) is 12.7 Å². The molecule has 1 aromatic heterocycles. The summed E-state index contributed by atoms with van der Waals surface area (Å²) in [5.74, 6) is 0.0189. The maximum atomic E-state index is 13.4. The number of carbonyl (C=O) groups excluding carboxylic acids is 1. The number of ether oxygens (including phenoxy) is 1. The largest absolute Gasteiger partial charge is 0.450 e. The molecule has 0 N–H and O–H groups in total. The Kier molecular flexibility index (Phi) is 5.40. The molecule has 8 heteroatoms. The fourth-order valence-electron chi connectivity index (χ4n) is 3.70. The van der Waals surface area contributed by atoms with Crippen LogP contribution in [0, 0.1) is 0 Å². The third kappa shape index (κ3) is 3.40. The third-order valence-corrected chi connectivity index (χ3v) is 7.12. The van der Waals surface area contributed by atoms with Crippen LogP contribution in [0.15, 0.2) is 51.8 Å². The zero-order valence-corrected chi connectivity index (χ0v) is 18.0. The van der Waals surface area contributed by atoms with Crippen molar-refractivity contribution in [2.75, 3.05) is 32.1 Å². The number of carbonyl (C=O) groups is 1. The van der Waals surface area contributed by atoms with Crippen LogP contribution < -0.4 is 4.90 Å². The van der Waals surface area contributed by atoms with E-state index in [2.05, 4.69) is 0 Å². The molecule has 0 saturated carbocycles. The van der Waals surface area contributed by atoms with E-state index in [9.17, 15) is 13.2 Å². The molecule has 0 atom stereocenters. The minimum Gasteiger partial charge on any atom is -0.450 e. The van der Waals surface area contributed by atoms with Gasteiger partial charge in [-0.2, -0.15) is 0 Å². The van der Waals surface area contributed by atoms with Gasteiger partial charge in [0.1, 0.15) is 5.58 Å². The van der Waals surface area contributed by atoms with Crippen molar-refractivity contribution in [1.29, 1.82) is 0 Å². The molecule has 0 radical (unpaired) electrons. The normalized spacial score (nSPS) is 13.9. The lowest BCUT2D eigenvalue weighted by molar-refractivity contribution is 0.0951. The summed E-state index contributed by atoms with van der Waals surface area (Å²) in [5.41, 5.74) is 2.91. The van der Waals surface area contributed by atoms with Crippen LogP contribution in [0.1, 0.15) is 28.6 Å². The number of rotatable bonds is 6. The van der Waals surface area contributed by atoms with Crippen molar-refractivity contribution < 1.29 is 22.4 Å². The lowest BCUT2D eigenvalue weighted by atomic mass is 10.1. The SMILES string of the molecule is CCOCc1c(C(=O)N2CCc3cc(S(=O)(=O)N(C)C)ccc32)oc2ccccc12. The highest BCUT2D eigenvalue weighted by atomic mass is 32.2. The standard InChI is InChI=1S/C22H24N2O5S/c1-4-28-14-18-17-7-5-6-8-20(17)29-21(18)22(25)24-12-11-15-13-16(9-10-19(15)24)30(26,27)23(2)3/h5-10,13H,4,11-12,14H2,1-3H3. The second kappa shape index (κ2) is 7.86. The first-order valence-corrected chi connectivity index (χ1v) is 11.2. The Hall–Kier alpha value is -2.68. The first-order chi connectivity index (χ1) is 14.3.